The Labute approximate surface area is 125 Å². The van der Waals surface area contributed by atoms with Gasteiger partial charge in [0.15, 0.2) is 0 Å². The van der Waals surface area contributed by atoms with Gasteiger partial charge in [-0.15, -0.1) is 0 Å². The van der Waals surface area contributed by atoms with E-state index in [1.165, 1.54) is 5.56 Å². The van der Waals surface area contributed by atoms with Crippen molar-refractivity contribution in [2.75, 3.05) is 11.9 Å². The molecule has 0 aromatic heterocycles. The van der Waals surface area contributed by atoms with Gasteiger partial charge in [0.25, 0.3) is 0 Å². The second-order valence-corrected chi connectivity index (χ2v) is 5.53. The highest BCUT2D eigenvalue weighted by molar-refractivity contribution is 6.30. The summed E-state index contributed by atoms with van der Waals surface area (Å²) in [6, 6.07) is 15.8. The maximum atomic E-state index is 9.93. The lowest BCUT2D eigenvalue weighted by Crippen LogP contribution is -2.38. The minimum Gasteiger partial charge on any atom is -0.394 e. The first-order valence-corrected chi connectivity index (χ1v) is 7.19. The molecule has 1 unspecified atom stereocenters. The summed E-state index contributed by atoms with van der Waals surface area (Å²) in [5.41, 5.74) is 2.78. The van der Waals surface area contributed by atoms with Crippen molar-refractivity contribution in [1.82, 2.24) is 0 Å². The predicted molar refractivity (Wildman–Crippen MR) is 85.3 cm³/mol. The van der Waals surface area contributed by atoms with Crippen LogP contribution >= 0.6 is 11.6 Å². The highest BCUT2D eigenvalue weighted by atomic mass is 35.5. The van der Waals surface area contributed by atoms with Gasteiger partial charge in [0, 0.05) is 10.7 Å². The van der Waals surface area contributed by atoms with Gasteiger partial charge in [-0.05, 0) is 43.2 Å². The van der Waals surface area contributed by atoms with Crippen LogP contribution in [-0.2, 0) is 5.54 Å². The van der Waals surface area contributed by atoms with E-state index in [1.807, 2.05) is 24.3 Å². The first-order chi connectivity index (χ1) is 9.59. The summed E-state index contributed by atoms with van der Waals surface area (Å²) < 4.78 is 0. The largest absolute Gasteiger partial charge is 0.394 e. The third-order valence-electron chi connectivity index (χ3n) is 3.71. The van der Waals surface area contributed by atoms with Crippen LogP contribution in [0.5, 0.6) is 0 Å². The maximum absolute atomic E-state index is 9.93. The Hall–Kier alpha value is -1.51. The zero-order valence-electron chi connectivity index (χ0n) is 11.9. The summed E-state index contributed by atoms with van der Waals surface area (Å²) in [6.45, 7) is 4.16. The van der Waals surface area contributed by atoms with Gasteiger partial charge in [0.05, 0.1) is 12.1 Å². The summed E-state index contributed by atoms with van der Waals surface area (Å²) in [6.07, 6.45) is 0.787. The van der Waals surface area contributed by atoms with E-state index in [4.69, 9.17) is 11.6 Å². The van der Waals surface area contributed by atoms with E-state index in [0.717, 1.165) is 17.7 Å². The Balaban J connectivity index is 2.33. The summed E-state index contributed by atoms with van der Waals surface area (Å²) in [4.78, 5) is 0. The standard InChI is InChI=1S/C17H20ClNO/c1-3-17(12-20,14-6-4-13(2)5-7-14)19-16-10-8-15(18)9-11-16/h4-11,19-20H,3,12H2,1-2H3. The van der Waals surface area contributed by atoms with Gasteiger partial charge in [-0.25, -0.2) is 0 Å². The number of benzene rings is 2. The SMILES string of the molecule is CCC(CO)(Nc1ccc(Cl)cc1)c1ccc(C)cc1. The van der Waals surface area contributed by atoms with Crippen molar-refractivity contribution in [1.29, 1.82) is 0 Å². The van der Waals surface area contributed by atoms with Gasteiger partial charge in [0.2, 0.25) is 0 Å². The predicted octanol–water partition coefficient (Wildman–Crippen LogP) is 4.36. The molecule has 2 aromatic rings. The molecule has 0 aliphatic carbocycles. The average Bonchev–Trinajstić information content (AvgIpc) is 2.48. The van der Waals surface area contributed by atoms with Crippen LogP contribution < -0.4 is 5.32 Å². The van der Waals surface area contributed by atoms with Crippen molar-refractivity contribution < 1.29 is 5.11 Å². The van der Waals surface area contributed by atoms with Gasteiger partial charge >= 0.3 is 0 Å². The van der Waals surface area contributed by atoms with Crippen molar-refractivity contribution in [3.8, 4) is 0 Å². The molecule has 1 atom stereocenters. The monoisotopic (exact) mass is 289 g/mol. The third kappa shape index (κ3) is 3.14. The number of aliphatic hydroxyl groups excluding tert-OH is 1. The van der Waals surface area contributed by atoms with Crippen molar-refractivity contribution in [3.05, 3.63) is 64.7 Å². The molecule has 2 rings (SSSR count). The van der Waals surface area contributed by atoms with E-state index in [0.29, 0.717) is 5.02 Å². The Morgan fingerprint density at radius 1 is 1.05 bits per heavy atom. The minimum atomic E-state index is -0.471. The molecule has 0 aliphatic heterocycles. The van der Waals surface area contributed by atoms with E-state index in [2.05, 4.69) is 43.4 Å². The topological polar surface area (TPSA) is 32.3 Å². The molecule has 0 spiro atoms. The lowest BCUT2D eigenvalue weighted by atomic mass is 9.87. The fraction of sp³-hybridized carbons (Fsp3) is 0.294. The molecule has 0 saturated heterocycles. The van der Waals surface area contributed by atoms with Crippen molar-refractivity contribution >= 4 is 17.3 Å². The Morgan fingerprint density at radius 2 is 1.65 bits per heavy atom. The number of anilines is 1. The normalized spacial score (nSPS) is 13.8. The smallest absolute Gasteiger partial charge is 0.0854 e. The van der Waals surface area contributed by atoms with Gasteiger partial charge in [-0.1, -0.05) is 48.4 Å². The molecule has 0 saturated carbocycles. The fourth-order valence-corrected chi connectivity index (χ4v) is 2.42. The van der Waals surface area contributed by atoms with Crippen LogP contribution in [0.1, 0.15) is 24.5 Å². The van der Waals surface area contributed by atoms with Crippen LogP contribution in [0.25, 0.3) is 0 Å². The number of aryl methyl sites for hydroxylation is 1. The van der Waals surface area contributed by atoms with Crippen molar-refractivity contribution in [2.24, 2.45) is 0 Å². The molecule has 0 amide bonds. The number of hydrogen-bond acceptors (Lipinski definition) is 2. The van der Waals surface area contributed by atoms with E-state index in [-0.39, 0.29) is 6.61 Å². The van der Waals surface area contributed by atoms with Gasteiger partial charge in [-0.3, -0.25) is 0 Å². The Bertz CT molecular complexity index is 544. The van der Waals surface area contributed by atoms with Crippen LogP contribution in [0.15, 0.2) is 48.5 Å². The summed E-state index contributed by atoms with van der Waals surface area (Å²) in [7, 11) is 0. The zero-order chi connectivity index (χ0) is 14.6. The van der Waals surface area contributed by atoms with E-state index in [9.17, 15) is 5.11 Å². The fourth-order valence-electron chi connectivity index (χ4n) is 2.29. The summed E-state index contributed by atoms with van der Waals surface area (Å²) >= 11 is 5.91. The Morgan fingerprint density at radius 3 is 2.15 bits per heavy atom. The number of nitrogens with one attached hydrogen (secondary N) is 1. The molecule has 106 valence electrons. The highest BCUT2D eigenvalue weighted by Gasteiger charge is 2.29. The molecule has 0 radical (unpaired) electrons. The molecular formula is C17H20ClNO. The van der Waals surface area contributed by atoms with Crippen LogP contribution in [0, 0.1) is 6.92 Å². The molecule has 2 N–H and O–H groups in total. The molecular weight excluding hydrogens is 270 g/mol. The third-order valence-corrected chi connectivity index (χ3v) is 3.96. The first-order valence-electron chi connectivity index (χ1n) is 6.81. The van der Waals surface area contributed by atoms with E-state index >= 15 is 0 Å². The molecule has 0 heterocycles. The van der Waals surface area contributed by atoms with Gasteiger partial charge < -0.3 is 10.4 Å². The van der Waals surface area contributed by atoms with Crippen LogP contribution in [0.2, 0.25) is 5.02 Å². The number of halogens is 1. The van der Waals surface area contributed by atoms with Crippen LogP contribution in [0.3, 0.4) is 0 Å². The highest BCUT2D eigenvalue weighted by Crippen LogP contribution is 2.30. The molecule has 2 aromatic carbocycles. The lowest BCUT2D eigenvalue weighted by molar-refractivity contribution is 0.207. The lowest BCUT2D eigenvalue weighted by Gasteiger charge is -2.34. The van der Waals surface area contributed by atoms with Crippen molar-refractivity contribution in [3.63, 3.8) is 0 Å². The van der Waals surface area contributed by atoms with E-state index < -0.39 is 5.54 Å². The molecule has 20 heavy (non-hydrogen) atoms. The summed E-state index contributed by atoms with van der Waals surface area (Å²) in [5.74, 6) is 0. The zero-order valence-corrected chi connectivity index (χ0v) is 12.6. The van der Waals surface area contributed by atoms with Gasteiger partial charge in [0.1, 0.15) is 0 Å². The number of aliphatic hydroxyl groups is 1. The van der Waals surface area contributed by atoms with Crippen LogP contribution in [0.4, 0.5) is 5.69 Å². The number of hydrogen-bond donors (Lipinski definition) is 2. The molecule has 0 fully saturated rings. The Kier molecular flexibility index (Phi) is 4.69. The molecule has 0 aliphatic rings. The number of rotatable bonds is 5. The summed E-state index contributed by atoms with van der Waals surface area (Å²) in [5, 5.41) is 14.1. The molecule has 3 heteroatoms. The maximum Gasteiger partial charge on any atom is 0.0854 e. The quantitative estimate of drug-likeness (QED) is 0.857. The van der Waals surface area contributed by atoms with Crippen molar-refractivity contribution in [2.45, 2.75) is 25.8 Å². The first kappa shape index (κ1) is 14.9. The second kappa shape index (κ2) is 6.29. The average molecular weight is 290 g/mol. The molecule has 0 bridgehead atoms. The van der Waals surface area contributed by atoms with E-state index in [1.54, 1.807) is 0 Å². The van der Waals surface area contributed by atoms with Crippen LogP contribution in [-0.4, -0.2) is 11.7 Å². The van der Waals surface area contributed by atoms with Gasteiger partial charge in [-0.2, -0.15) is 0 Å². The second-order valence-electron chi connectivity index (χ2n) is 5.09. The molecule has 2 nitrogen and oxygen atoms in total. The minimum absolute atomic E-state index is 0.0369.